The van der Waals surface area contributed by atoms with Crippen molar-refractivity contribution in [2.24, 2.45) is 5.41 Å². The van der Waals surface area contributed by atoms with E-state index in [4.69, 9.17) is 30.3 Å². The van der Waals surface area contributed by atoms with Crippen LogP contribution in [0.4, 0.5) is 0 Å². The zero-order valence-electron chi connectivity index (χ0n) is 7.96. The summed E-state index contributed by atoms with van der Waals surface area (Å²) in [5.41, 5.74) is -1.09. The van der Waals surface area contributed by atoms with E-state index in [0.29, 0.717) is 0 Å². The molecule has 14 heavy (non-hydrogen) atoms. The normalized spacial score (nSPS) is 14.4. The number of aliphatic hydroxyl groups is 5. The average Bonchev–Trinajstić information content (AvgIpc) is 2.25. The molecule has 0 saturated carbocycles. The lowest BCUT2D eigenvalue weighted by atomic mass is 9.93. The van der Waals surface area contributed by atoms with Crippen molar-refractivity contribution in [3.8, 4) is 0 Å². The third-order valence-electron chi connectivity index (χ3n) is 1.94. The Kier molecular flexibility index (Phi) is 6.98. The maximum atomic E-state index is 8.91. The Labute approximate surface area is 82.4 Å². The lowest BCUT2D eigenvalue weighted by Gasteiger charge is -2.27. The molecule has 0 rings (SSSR count). The van der Waals surface area contributed by atoms with Crippen LogP contribution in [0.15, 0.2) is 0 Å². The fourth-order valence-corrected chi connectivity index (χ4v) is 0.751. The molecule has 0 aromatic heterocycles. The number of ether oxygens (including phenoxy) is 1. The quantitative estimate of drug-likeness (QED) is 0.298. The van der Waals surface area contributed by atoms with Gasteiger partial charge < -0.3 is 30.3 Å². The first-order valence-electron chi connectivity index (χ1n) is 4.33. The van der Waals surface area contributed by atoms with E-state index in [-0.39, 0.29) is 13.2 Å². The van der Waals surface area contributed by atoms with Crippen molar-refractivity contribution in [3.63, 3.8) is 0 Å². The average molecular weight is 210 g/mol. The first-order chi connectivity index (χ1) is 6.64. The van der Waals surface area contributed by atoms with Crippen LogP contribution in [-0.2, 0) is 4.74 Å². The largest absolute Gasteiger partial charge is 0.396 e. The maximum absolute atomic E-state index is 8.91. The van der Waals surface area contributed by atoms with E-state index in [1.165, 1.54) is 0 Å². The smallest absolute Gasteiger partial charge is 0.100 e. The van der Waals surface area contributed by atoms with Crippen molar-refractivity contribution in [1.82, 2.24) is 0 Å². The fraction of sp³-hybridized carbons (Fsp3) is 1.00. The first kappa shape index (κ1) is 13.8. The number of rotatable bonds is 8. The van der Waals surface area contributed by atoms with Crippen LogP contribution in [0.3, 0.4) is 0 Å². The van der Waals surface area contributed by atoms with Gasteiger partial charge >= 0.3 is 0 Å². The van der Waals surface area contributed by atoms with Gasteiger partial charge in [0.1, 0.15) is 6.10 Å². The summed E-state index contributed by atoms with van der Waals surface area (Å²) in [6.45, 7) is -1.81. The Morgan fingerprint density at radius 3 is 1.86 bits per heavy atom. The molecule has 1 atom stereocenters. The Bertz CT molecular complexity index is 128. The van der Waals surface area contributed by atoms with Crippen molar-refractivity contribution in [1.29, 1.82) is 0 Å². The molecule has 5 N–H and O–H groups in total. The third kappa shape index (κ3) is 4.32. The summed E-state index contributed by atoms with van der Waals surface area (Å²) in [7, 11) is 0. The van der Waals surface area contributed by atoms with E-state index in [0.717, 1.165) is 0 Å². The van der Waals surface area contributed by atoms with E-state index in [2.05, 4.69) is 0 Å². The van der Waals surface area contributed by atoms with Crippen LogP contribution in [0.1, 0.15) is 0 Å². The second-order valence-electron chi connectivity index (χ2n) is 3.33. The van der Waals surface area contributed by atoms with Crippen LogP contribution >= 0.6 is 0 Å². The molecule has 1 unspecified atom stereocenters. The minimum Gasteiger partial charge on any atom is -0.396 e. The van der Waals surface area contributed by atoms with Gasteiger partial charge in [0, 0.05) is 0 Å². The van der Waals surface area contributed by atoms with Crippen molar-refractivity contribution >= 4 is 0 Å². The molecule has 6 nitrogen and oxygen atoms in total. The van der Waals surface area contributed by atoms with Crippen LogP contribution in [-0.4, -0.2) is 71.3 Å². The Balaban J connectivity index is 3.82. The molecule has 0 aliphatic heterocycles. The standard InChI is InChI=1S/C8H18O6/c9-1-7(13)2-14-6-8(3-10,4-11)5-12/h7,9-13H,1-6H2. The van der Waals surface area contributed by atoms with Crippen LogP contribution in [0, 0.1) is 5.41 Å². The molecular formula is C8H18O6. The van der Waals surface area contributed by atoms with E-state index in [1.807, 2.05) is 0 Å². The fourth-order valence-electron chi connectivity index (χ4n) is 0.751. The van der Waals surface area contributed by atoms with Gasteiger partial charge in [-0.25, -0.2) is 0 Å². The highest BCUT2D eigenvalue weighted by atomic mass is 16.5. The lowest BCUT2D eigenvalue weighted by Crippen LogP contribution is -2.39. The Morgan fingerprint density at radius 2 is 1.50 bits per heavy atom. The van der Waals surface area contributed by atoms with Crippen molar-refractivity contribution in [2.75, 3.05) is 39.6 Å². The summed E-state index contributed by atoms with van der Waals surface area (Å²) in [5.74, 6) is 0. The molecular weight excluding hydrogens is 192 g/mol. The second kappa shape index (κ2) is 7.10. The highest BCUT2D eigenvalue weighted by Crippen LogP contribution is 2.14. The minimum absolute atomic E-state index is 0.0758. The van der Waals surface area contributed by atoms with Crippen LogP contribution < -0.4 is 0 Å². The van der Waals surface area contributed by atoms with E-state index in [1.54, 1.807) is 0 Å². The summed E-state index contributed by atoms with van der Waals surface area (Å²) < 4.78 is 4.93. The first-order valence-corrected chi connectivity index (χ1v) is 4.33. The van der Waals surface area contributed by atoms with Crippen LogP contribution in [0.5, 0.6) is 0 Å². The molecule has 0 fully saturated rings. The number of hydrogen-bond donors (Lipinski definition) is 5. The zero-order chi connectivity index (χ0) is 11.0. The molecule has 0 spiro atoms. The monoisotopic (exact) mass is 210 g/mol. The molecule has 0 aromatic carbocycles. The predicted molar refractivity (Wildman–Crippen MR) is 47.6 cm³/mol. The molecule has 86 valence electrons. The topological polar surface area (TPSA) is 110 Å². The molecule has 0 aliphatic rings. The zero-order valence-corrected chi connectivity index (χ0v) is 7.96. The van der Waals surface area contributed by atoms with Gasteiger partial charge in [-0.1, -0.05) is 0 Å². The molecule has 0 aliphatic carbocycles. The molecule has 6 heteroatoms. The summed E-state index contributed by atoms with van der Waals surface area (Å²) in [5, 5.41) is 44.0. The van der Waals surface area contributed by atoms with E-state index < -0.39 is 37.9 Å². The SMILES string of the molecule is OCC(O)COCC(CO)(CO)CO. The van der Waals surface area contributed by atoms with Gasteiger partial charge in [0.2, 0.25) is 0 Å². The molecule has 0 bridgehead atoms. The summed E-state index contributed by atoms with van der Waals surface area (Å²) in [6.07, 6.45) is -0.983. The van der Waals surface area contributed by atoms with Crippen LogP contribution in [0.2, 0.25) is 0 Å². The van der Waals surface area contributed by atoms with Crippen LogP contribution in [0.25, 0.3) is 0 Å². The predicted octanol–water partition coefficient (Wildman–Crippen LogP) is -2.68. The summed E-state index contributed by atoms with van der Waals surface area (Å²) in [6, 6.07) is 0. The Hall–Kier alpha value is -0.240. The highest BCUT2D eigenvalue weighted by Gasteiger charge is 2.28. The van der Waals surface area contributed by atoms with Crippen molar-refractivity contribution in [2.45, 2.75) is 6.10 Å². The van der Waals surface area contributed by atoms with Gasteiger partial charge in [-0.3, -0.25) is 0 Å². The second-order valence-corrected chi connectivity index (χ2v) is 3.33. The molecule has 0 saturated heterocycles. The summed E-state index contributed by atoms with van der Waals surface area (Å²) in [4.78, 5) is 0. The Morgan fingerprint density at radius 1 is 1.00 bits per heavy atom. The number of hydrogen-bond acceptors (Lipinski definition) is 6. The van der Waals surface area contributed by atoms with Gasteiger partial charge in [0.15, 0.2) is 0 Å². The van der Waals surface area contributed by atoms with Crippen molar-refractivity contribution in [3.05, 3.63) is 0 Å². The van der Waals surface area contributed by atoms with E-state index >= 15 is 0 Å². The third-order valence-corrected chi connectivity index (χ3v) is 1.94. The maximum Gasteiger partial charge on any atom is 0.100 e. The van der Waals surface area contributed by atoms with Gasteiger partial charge in [-0.15, -0.1) is 0 Å². The molecule has 0 aromatic rings. The lowest BCUT2D eigenvalue weighted by molar-refractivity contribution is -0.0783. The summed E-state index contributed by atoms with van der Waals surface area (Å²) >= 11 is 0. The van der Waals surface area contributed by atoms with Gasteiger partial charge in [0.05, 0.1) is 45.1 Å². The van der Waals surface area contributed by atoms with Crippen molar-refractivity contribution < 1.29 is 30.3 Å². The minimum atomic E-state index is -1.09. The molecule has 0 radical (unpaired) electrons. The van der Waals surface area contributed by atoms with Gasteiger partial charge in [-0.2, -0.15) is 0 Å². The molecule has 0 amide bonds. The molecule has 0 heterocycles. The highest BCUT2D eigenvalue weighted by molar-refractivity contribution is 4.76. The number of aliphatic hydroxyl groups excluding tert-OH is 5. The van der Waals surface area contributed by atoms with Gasteiger partial charge in [-0.05, 0) is 0 Å². The van der Waals surface area contributed by atoms with Gasteiger partial charge in [0.25, 0.3) is 0 Å². The van der Waals surface area contributed by atoms with E-state index in [9.17, 15) is 0 Å².